The van der Waals surface area contributed by atoms with Crippen molar-refractivity contribution in [2.24, 2.45) is 4.99 Å². The molecule has 0 fully saturated rings. The minimum absolute atomic E-state index is 0.470. The van der Waals surface area contributed by atoms with E-state index < -0.39 is 0 Å². The van der Waals surface area contributed by atoms with Gasteiger partial charge in [0.1, 0.15) is 10.9 Å². The zero-order chi connectivity index (χ0) is 15.4. The second-order valence-corrected chi connectivity index (χ2v) is 5.24. The van der Waals surface area contributed by atoms with Gasteiger partial charge in [-0.15, -0.1) is 0 Å². The molecule has 0 aliphatic heterocycles. The van der Waals surface area contributed by atoms with Gasteiger partial charge < -0.3 is 4.74 Å². The van der Waals surface area contributed by atoms with Crippen LogP contribution in [0.1, 0.15) is 11.1 Å². The maximum Gasteiger partial charge on any atom is 0.138 e. The van der Waals surface area contributed by atoms with E-state index in [0.29, 0.717) is 11.7 Å². The summed E-state index contributed by atoms with van der Waals surface area (Å²) in [4.78, 5) is 8.83. The van der Waals surface area contributed by atoms with Crippen LogP contribution in [0.2, 0.25) is 5.15 Å². The molecule has 2 aromatic carbocycles. The molecular formula is C18H15ClN2O. The van der Waals surface area contributed by atoms with Crippen molar-refractivity contribution in [2.75, 3.05) is 7.11 Å². The smallest absolute Gasteiger partial charge is 0.138 e. The van der Waals surface area contributed by atoms with E-state index in [1.54, 1.807) is 13.3 Å². The van der Waals surface area contributed by atoms with E-state index >= 15 is 0 Å². The van der Waals surface area contributed by atoms with E-state index in [1.807, 2.05) is 54.6 Å². The fourth-order valence-electron chi connectivity index (χ4n) is 2.18. The Morgan fingerprint density at radius 3 is 2.68 bits per heavy atom. The number of rotatable bonds is 4. The van der Waals surface area contributed by atoms with Gasteiger partial charge in [-0.2, -0.15) is 0 Å². The van der Waals surface area contributed by atoms with Gasteiger partial charge in [0, 0.05) is 17.2 Å². The third kappa shape index (κ3) is 3.26. The Morgan fingerprint density at radius 2 is 1.91 bits per heavy atom. The van der Waals surface area contributed by atoms with E-state index in [1.165, 1.54) is 0 Å². The van der Waals surface area contributed by atoms with E-state index in [0.717, 1.165) is 27.8 Å². The number of benzene rings is 2. The Bertz CT molecular complexity index is 813. The summed E-state index contributed by atoms with van der Waals surface area (Å²) in [5.74, 6) is 0.842. The molecule has 3 nitrogen and oxygen atoms in total. The van der Waals surface area contributed by atoms with Crippen LogP contribution in [-0.4, -0.2) is 18.3 Å². The summed E-state index contributed by atoms with van der Waals surface area (Å²) < 4.78 is 5.14. The number of pyridine rings is 1. The lowest BCUT2D eigenvalue weighted by Crippen LogP contribution is -1.90. The molecule has 1 heterocycles. The minimum Gasteiger partial charge on any atom is -0.497 e. The molecule has 3 aromatic rings. The fourth-order valence-corrected chi connectivity index (χ4v) is 2.37. The topological polar surface area (TPSA) is 34.5 Å². The van der Waals surface area contributed by atoms with E-state index in [2.05, 4.69) is 9.98 Å². The molecule has 3 rings (SSSR count). The number of fused-ring (bicyclic) bond motifs is 1. The normalized spacial score (nSPS) is 11.2. The van der Waals surface area contributed by atoms with Crippen molar-refractivity contribution in [1.29, 1.82) is 0 Å². The van der Waals surface area contributed by atoms with Gasteiger partial charge in [0.2, 0.25) is 0 Å². The SMILES string of the molecule is COc1ccc(CN=Cc2cc3ccccc3nc2Cl)cc1. The number of hydrogen-bond acceptors (Lipinski definition) is 3. The Balaban J connectivity index is 1.78. The van der Waals surface area contributed by atoms with Crippen molar-refractivity contribution in [3.63, 3.8) is 0 Å². The molecule has 0 N–H and O–H groups in total. The van der Waals surface area contributed by atoms with Gasteiger partial charge in [-0.1, -0.05) is 41.9 Å². The highest BCUT2D eigenvalue weighted by Gasteiger charge is 2.02. The number of halogens is 1. The number of methoxy groups -OCH3 is 1. The molecule has 22 heavy (non-hydrogen) atoms. The molecule has 0 amide bonds. The molecule has 0 radical (unpaired) electrons. The molecule has 0 saturated heterocycles. The summed E-state index contributed by atoms with van der Waals surface area (Å²) in [6.45, 7) is 0.590. The molecule has 0 atom stereocenters. The minimum atomic E-state index is 0.470. The molecule has 0 spiro atoms. The summed E-state index contributed by atoms with van der Waals surface area (Å²) >= 11 is 6.21. The molecule has 1 aromatic heterocycles. The van der Waals surface area contributed by atoms with Gasteiger partial charge >= 0.3 is 0 Å². The van der Waals surface area contributed by atoms with Gasteiger partial charge in [0.05, 0.1) is 19.2 Å². The van der Waals surface area contributed by atoms with Gasteiger partial charge in [-0.05, 0) is 29.8 Å². The maximum atomic E-state index is 6.21. The average molecular weight is 311 g/mol. The first-order chi connectivity index (χ1) is 10.8. The van der Waals surface area contributed by atoms with Gasteiger partial charge in [0.25, 0.3) is 0 Å². The Morgan fingerprint density at radius 1 is 1.14 bits per heavy atom. The summed E-state index contributed by atoms with van der Waals surface area (Å²) in [5, 5.41) is 1.52. The highest BCUT2D eigenvalue weighted by atomic mass is 35.5. The van der Waals surface area contributed by atoms with Crippen LogP contribution in [0.3, 0.4) is 0 Å². The van der Waals surface area contributed by atoms with E-state index in [4.69, 9.17) is 16.3 Å². The monoisotopic (exact) mass is 310 g/mol. The largest absolute Gasteiger partial charge is 0.497 e. The standard InChI is InChI=1S/C18H15ClN2O/c1-22-16-8-6-13(7-9-16)11-20-12-15-10-14-4-2-3-5-17(14)21-18(15)19/h2-10,12H,11H2,1H3. The van der Waals surface area contributed by atoms with Crippen LogP contribution in [0.25, 0.3) is 10.9 Å². The third-order valence-corrected chi connectivity index (χ3v) is 3.67. The quantitative estimate of drug-likeness (QED) is 0.524. The van der Waals surface area contributed by atoms with Crippen molar-refractivity contribution < 1.29 is 4.74 Å². The first kappa shape index (κ1) is 14.5. The third-order valence-electron chi connectivity index (χ3n) is 3.37. The van der Waals surface area contributed by atoms with Crippen LogP contribution in [0.4, 0.5) is 0 Å². The summed E-state index contributed by atoms with van der Waals surface area (Å²) in [5.41, 5.74) is 2.83. The number of ether oxygens (including phenoxy) is 1. The van der Waals surface area contributed by atoms with Crippen LogP contribution >= 0.6 is 11.6 Å². The Hall–Kier alpha value is -2.39. The Labute approximate surface area is 134 Å². The second-order valence-electron chi connectivity index (χ2n) is 4.88. The summed E-state index contributed by atoms with van der Waals surface area (Å²) in [7, 11) is 1.65. The van der Waals surface area contributed by atoms with Crippen molar-refractivity contribution in [2.45, 2.75) is 6.54 Å². The van der Waals surface area contributed by atoms with Gasteiger partial charge in [0.15, 0.2) is 0 Å². The molecule has 0 aliphatic rings. The predicted molar refractivity (Wildman–Crippen MR) is 91.0 cm³/mol. The number of aliphatic imine (C=N–C) groups is 1. The second kappa shape index (κ2) is 6.58. The zero-order valence-corrected chi connectivity index (χ0v) is 12.9. The summed E-state index contributed by atoms with van der Waals surface area (Å²) in [6.07, 6.45) is 1.77. The van der Waals surface area contributed by atoms with Crippen molar-refractivity contribution >= 4 is 28.7 Å². The molecule has 0 unspecified atom stereocenters. The lowest BCUT2D eigenvalue weighted by atomic mass is 10.2. The molecular weight excluding hydrogens is 296 g/mol. The Kier molecular flexibility index (Phi) is 4.35. The van der Waals surface area contributed by atoms with Crippen LogP contribution in [0.15, 0.2) is 59.6 Å². The first-order valence-electron chi connectivity index (χ1n) is 6.94. The summed E-state index contributed by atoms with van der Waals surface area (Å²) in [6, 6.07) is 17.7. The maximum absolute atomic E-state index is 6.21. The highest BCUT2D eigenvalue weighted by Crippen LogP contribution is 2.19. The predicted octanol–water partition coefficient (Wildman–Crippen LogP) is 4.52. The van der Waals surface area contributed by atoms with Crippen molar-refractivity contribution in [3.05, 3.63) is 70.9 Å². The molecule has 0 saturated carbocycles. The number of nitrogens with zero attached hydrogens (tertiary/aromatic N) is 2. The number of para-hydroxylation sites is 1. The number of aromatic nitrogens is 1. The van der Waals surface area contributed by atoms with Gasteiger partial charge in [-0.3, -0.25) is 4.99 Å². The molecule has 0 aliphatic carbocycles. The van der Waals surface area contributed by atoms with Crippen LogP contribution in [0, 0.1) is 0 Å². The molecule has 0 bridgehead atoms. The number of hydrogen-bond donors (Lipinski definition) is 0. The fraction of sp³-hybridized carbons (Fsp3) is 0.111. The van der Waals surface area contributed by atoms with Crippen LogP contribution < -0.4 is 4.74 Å². The van der Waals surface area contributed by atoms with Crippen LogP contribution in [-0.2, 0) is 6.54 Å². The van der Waals surface area contributed by atoms with Crippen molar-refractivity contribution in [1.82, 2.24) is 4.98 Å². The van der Waals surface area contributed by atoms with Crippen LogP contribution in [0.5, 0.6) is 5.75 Å². The highest BCUT2D eigenvalue weighted by molar-refractivity contribution is 6.32. The van der Waals surface area contributed by atoms with Gasteiger partial charge in [-0.25, -0.2) is 4.98 Å². The van der Waals surface area contributed by atoms with E-state index in [9.17, 15) is 0 Å². The molecule has 110 valence electrons. The molecule has 4 heteroatoms. The lowest BCUT2D eigenvalue weighted by molar-refractivity contribution is 0.414. The zero-order valence-electron chi connectivity index (χ0n) is 12.2. The average Bonchev–Trinajstić information content (AvgIpc) is 2.56. The van der Waals surface area contributed by atoms with Crippen molar-refractivity contribution in [3.8, 4) is 5.75 Å². The first-order valence-corrected chi connectivity index (χ1v) is 7.32. The van der Waals surface area contributed by atoms with E-state index in [-0.39, 0.29) is 0 Å². The lowest BCUT2D eigenvalue weighted by Gasteiger charge is -2.02.